The lowest BCUT2D eigenvalue weighted by molar-refractivity contribution is -0.118. The van der Waals surface area contributed by atoms with Gasteiger partial charge >= 0.3 is 0 Å². The molecule has 2 amide bonds. The number of carbonyl (C=O) groups is 3. The summed E-state index contributed by atoms with van der Waals surface area (Å²) in [6.07, 6.45) is 0. The van der Waals surface area contributed by atoms with Gasteiger partial charge in [-0.1, -0.05) is 12.1 Å². The molecule has 1 aromatic heterocycles. The lowest BCUT2D eigenvalue weighted by Gasteiger charge is -2.13. The molecule has 26 heavy (non-hydrogen) atoms. The number of aryl methyl sites for hydroxylation is 3. The Morgan fingerprint density at radius 2 is 1.69 bits per heavy atom. The van der Waals surface area contributed by atoms with Gasteiger partial charge in [-0.3, -0.25) is 19.7 Å². The smallest absolute Gasteiger partial charge is 0.264 e. The summed E-state index contributed by atoms with van der Waals surface area (Å²) < 4.78 is 11.0. The van der Waals surface area contributed by atoms with Gasteiger partial charge in [-0.25, -0.2) is 0 Å². The molecule has 7 nitrogen and oxygen atoms in total. The summed E-state index contributed by atoms with van der Waals surface area (Å²) in [5, 5.41) is 2.45. The van der Waals surface area contributed by atoms with E-state index in [4.69, 9.17) is 14.9 Å². The van der Waals surface area contributed by atoms with E-state index in [2.05, 4.69) is 5.32 Å². The van der Waals surface area contributed by atoms with Crippen molar-refractivity contribution in [1.82, 2.24) is 0 Å². The molecule has 7 heteroatoms. The molecule has 0 aliphatic carbocycles. The Labute approximate surface area is 151 Å². The summed E-state index contributed by atoms with van der Waals surface area (Å²) >= 11 is 0. The molecule has 0 spiro atoms. The zero-order valence-electron chi connectivity index (χ0n) is 15.5. The predicted octanol–water partition coefficient (Wildman–Crippen LogP) is 2.83. The van der Waals surface area contributed by atoms with Gasteiger partial charge in [0.25, 0.3) is 11.8 Å². The molecule has 0 unspecified atom stereocenters. The highest BCUT2D eigenvalue weighted by atomic mass is 16.5. The molecule has 0 saturated heterocycles. The van der Waals surface area contributed by atoms with Crippen molar-refractivity contribution in [2.24, 2.45) is 5.73 Å². The van der Waals surface area contributed by atoms with Crippen LogP contribution in [0, 0.1) is 27.7 Å². The molecule has 0 radical (unpaired) electrons. The fourth-order valence-corrected chi connectivity index (χ4v) is 2.74. The van der Waals surface area contributed by atoms with Gasteiger partial charge in [0.2, 0.25) is 5.88 Å². The quantitative estimate of drug-likeness (QED) is 0.771. The second kappa shape index (κ2) is 7.43. The number of nitrogens with one attached hydrogen (secondary N) is 1. The van der Waals surface area contributed by atoms with Crippen molar-refractivity contribution in [1.29, 1.82) is 0 Å². The first-order chi connectivity index (χ1) is 12.1. The number of ketones is 1. The van der Waals surface area contributed by atoms with Crippen LogP contribution in [-0.4, -0.2) is 24.2 Å². The van der Waals surface area contributed by atoms with Crippen LogP contribution in [0.3, 0.4) is 0 Å². The predicted molar refractivity (Wildman–Crippen MR) is 96.7 cm³/mol. The first-order valence-electron chi connectivity index (χ1n) is 8.07. The largest absolute Gasteiger partial charge is 0.483 e. The Hall–Kier alpha value is -3.09. The summed E-state index contributed by atoms with van der Waals surface area (Å²) in [4.78, 5) is 35.6. The molecular formula is C19H22N2O5. The first-order valence-corrected chi connectivity index (χ1v) is 8.07. The monoisotopic (exact) mass is 358 g/mol. The molecule has 0 fully saturated rings. The van der Waals surface area contributed by atoms with Gasteiger partial charge in [-0.2, -0.15) is 0 Å². The van der Waals surface area contributed by atoms with Gasteiger partial charge in [-0.05, 0) is 51.3 Å². The van der Waals surface area contributed by atoms with Gasteiger partial charge in [0, 0.05) is 0 Å². The SMILES string of the molecule is CC(=O)c1c(C)oc(NC(=O)COc2c(C)ccc(C)c2C)c1C(N)=O. The van der Waals surface area contributed by atoms with Crippen LogP contribution in [0.2, 0.25) is 0 Å². The van der Waals surface area contributed by atoms with Gasteiger partial charge in [-0.15, -0.1) is 0 Å². The minimum atomic E-state index is -0.853. The van der Waals surface area contributed by atoms with Crippen molar-refractivity contribution in [2.45, 2.75) is 34.6 Å². The summed E-state index contributed by atoms with van der Waals surface area (Å²) in [5.74, 6) is -1.05. The standard InChI is InChI=1S/C19H22N2O5/c1-9-6-7-10(2)17(11(9)3)25-8-14(23)21-19-16(18(20)24)15(12(4)22)13(5)26-19/h6-7H,8H2,1-5H3,(H2,20,24)(H,21,23). The number of Topliss-reactive ketones (excluding diaryl/α,β-unsaturated/α-hetero) is 1. The molecule has 0 bridgehead atoms. The molecule has 0 atom stereocenters. The van der Waals surface area contributed by atoms with Crippen LogP contribution in [0.5, 0.6) is 5.75 Å². The van der Waals surface area contributed by atoms with E-state index in [1.807, 2.05) is 32.9 Å². The third kappa shape index (κ3) is 3.77. The third-order valence-corrected chi connectivity index (χ3v) is 4.16. The Bertz CT molecular complexity index is 896. The number of carbonyl (C=O) groups excluding carboxylic acids is 3. The van der Waals surface area contributed by atoms with Crippen molar-refractivity contribution in [3.8, 4) is 5.75 Å². The van der Waals surface area contributed by atoms with Crippen LogP contribution in [0.15, 0.2) is 16.5 Å². The second-order valence-electron chi connectivity index (χ2n) is 6.15. The topological polar surface area (TPSA) is 112 Å². The van der Waals surface area contributed by atoms with Crippen molar-refractivity contribution in [3.63, 3.8) is 0 Å². The third-order valence-electron chi connectivity index (χ3n) is 4.16. The van der Waals surface area contributed by atoms with Gasteiger partial charge in [0.05, 0.1) is 5.56 Å². The summed E-state index contributed by atoms with van der Waals surface area (Å²) in [7, 11) is 0. The molecular weight excluding hydrogens is 336 g/mol. The molecule has 0 saturated carbocycles. The number of nitrogens with two attached hydrogens (primary N) is 1. The van der Waals surface area contributed by atoms with Crippen molar-refractivity contribution in [3.05, 3.63) is 45.7 Å². The van der Waals surface area contributed by atoms with Gasteiger partial charge in [0.1, 0.15) is 17.1 Å². The number of primary amides is 1. The molecule has 1 aromatic carbocycles. The second-order valence-corrected chi connectivity index (χ2v) is 6.15. The molecule has 3 N–H and O–H groups in total. The minimum Gasteiger partial charge on any atom is -0.483 e. The highest BCUT2D eigenvalue weighted by Crippen LogP contribution is 2.28. The number of amides is 2. The van der Waals surface area contributed by atoms with E-state index in [1.54, 1.807) is 0 Å². The van der Waals surface area contributed by atoms with Crippen LogP contribution in [0.25, 0.3) is 0 Å². The Balaban J connectivity index is 2.19. The van der Waals surface area contributed by atoms with Crippen LogP contribution < -0.4 is 15.8 Å². The number of ether oxygens (including phenoxy) is 1. The molecule has 2 aromatic rings. The zero-order valence-corrected chi connectivity index (χ0v) is 15.5. The highest BCUT2D eigenvalue weighted by Gasteiger charge is 2.26. The van der Waals surface area contributed by atoms with E-state index in [0.29, 0.717) is 5.75 Å². The van der Waals surface area contributed by atoms with E-state index in [9.17, 15) is 14.4 Å². The molecule has 0 aliphatic rings. The van der Waals surface area contributed by atoms with E-state index in [1.165, 1.54) is 13.8 Å². The number of anilines is 1. The van der Waals surface area contributed by atoms with E-state index in [-0.39, 0.29) is 35.2 Å². The van der Waals surface area contributed by atoms with Crippen molar-refractivity contribution >= 4 is 23.5 Å². The fourth-order valence-electron chi connectivity index (χ4n) is 2.74. The Morgan fingerprint density at radius 1 is 1.08 bits per heavy atom. The first kappa shape index (κ1) is 19.2. The molecule has 138 valence electrons. The lowest BCUT2D eigenvalue weighted by Crippen LogP contribution is -2.23. The van der Waals surface area contributed by atoms with Gasteiger partial charge in [0.15, 0.2) is 12.4 Å². The molecule has 0 aliphatic heterocycles. The van der Waals surface area contributed by atoms with Crippen molar-refractivity contribution < 1.29 is 23.5 Å². The fraction of sp³-hybridized carbons (Fsp3) is 0.316. The van der Waals surface area contributed by atoms with E-state index in [0.717, 1.165) is 16.7 Å². The van der Waals surface area contributed by atoms with Crippen LogP contribution in [0.4, 0.5) is 5.88 Å². The average Bonchev–Trinajstić information content (AvgIpc) is 2.87. The average molecular weight is 358 g/mol. The number of rotatable bonds is 6. The number of benzene rings is 1. The van der Waals surface area contributed by atoms with E-state index < -0.39 is 11.8 Å². The maximum Gasteiger partial charge on any atom is 0.264 e. The highest BCUT2D eigenvalue weighted by molar-refractivity contribution is 6.12. The Kier molecular flexibility index (Phi) is 5.50. The summed E-state index contributed by atoms with van der Waals surface area (Å²) in [5.41, 5.74) is 8.17. The number of hydrogen-bond acceptors (Lipinski definition) is 5. The normalized spacial score (nSPS) is 10.5. The number of furan rings is 1. The maximum atomic E-state index is 12.2. The summed E-state index contributed by atoms with van der Waals surface area (Å²) in [6.45, 7) is 8.29. The lowest BCUT2D eigenvalue weighted by atomic mass is 10.1. The summed E-state index contributed by atoms with van der Waals surface area (Å²) in [6, 6.07) is 3.89. The van der Waals surface area contributed by atoms with Crippen molar-refractivity contribution in [2.75, 3.05) is 11.9 Å². The maximum absolute atomic E-state index is 12.2. The van der Waals surface area contributed by atoms with Crippen LogP contribution in [0.1, 0.15) is 50.1 Å². The van der Waals surface area contributed by atoms with Crippen LogP contribution in [-0.2, 0) is 4.79 Å². The molecule has 1 heterocycles. The number of hydrogen-bond donors (Lipinski definition) is 2. The van der Waals surface area contributed by atoms with E-state index >= 15 is 0 Å². The van der Waals surface area contributed by atoms with Crippen LogP contribution >= 0.6 is 0 Å². The minimum absolute atomic E-state index is 0.0686. The Morgan fingerprint density at radius 3 is 2.27 bits per heavy atom. The zero-order chi connectivity index (χ0) is 19.6. The van der Waals surface area contributed by atoms with Gasteiger partial charge < -0.3 is 14.9 Å². The molecule has 2 rings (SSSR count).